The molecule has 1 aromatic heterocycles. The number of carbonyl (C=O) groups excluding carboxylic acids is 1. The molecule has 0 saturated heterocycles. The normalized spacial score (nSPS) is 14.6. The molecular formula is C24H27FN6O. The van der Waals surface area contributed by atoms with Gasteiger partial charge in [0.1, 0.15) is 12.4 Å². The first kappa shape index (κ1) is 21.5. The Kier molecular flexibility index (Phi) is 6.49. The van der Waals surface area contributed by atoms with Gasteiger partial charge in [0.25, 0.3) is 0 Å². The van der Waals surface area contributed by atoms with Gasteiger partial charge in [-0.3, -0.25) is 14.5 Å². The molecule has 3 N–H and O–H groups in total. The van der Waals surface area contributed by atoms with Crippen LogP contribution in [0.5, 0.6) is 0 Å². The van der Waals surface area contributed by atoms with E-state index in [1.807, 2.05) is 30.3 Å². The van der Waals surface area contributed by atoms with Crippen LogP contribution in [0.4, 0.5) is 10.1 Å². The number of carbonyl (C=O) groups is 1. The van der Waals surface area contributed by atoms with Gasteiger partial charge in [0.2, 0.25) is 5.91 Å². The maximum absolute atomic E-state index is 13.6. The smallest absolute Gasteiger partial charge is 0.246 e. The van der Waals surface area contributed by atoms with Crippen molar-refractivity contribution in [2.45, 2.75) is 31.3 Å². The van der Waals surface area contributed by atoms with Crippen molar-refractivity contribution < 1.29 is 9.18 Å². The summed E-state index contributed by atoms with van der Waals surface area (Å²) in [6, 6.07) is 16.3. The minimum atomic E-state index is -0.201. The summed E-state index contributed by atoms with van der Waals surface area (Å²) < 4.78 is 15.2. The van der Waals surface area contributed by atoms with Crippen molar-refractivity contribution in [2.24, 2.45) is 4.99 Å². The Balaban J connectivity index is 1.29. The lowest BCUT2D eigenvalue weighted by Crippen LogP contribution is -2.40. The average molecular weight is 435 g/mol. The van der Waals surface area contributed by atoms with Crippen LogP contribution in [0.15, 0.2) is 72.0 Å². The van der Waals surface area contributed by atoms with E-state index in [9.17, 15) is 9.18 Å². The molecule has 0 spiro atoms. The predicted molar refractivity (Wildman–Crippen MR) is 123 cm³/mol. The van der Waals surface area contributed by atoms with Crippen LogP contribution in [0.1, 0.15) is 24.0 Å². The quantitative estimate of drug-likeness (QED) is 0.376. The van der Waals surface area contributed by atoms with E-state index in [0.717, 1.165) is 29.7 Å². The van der Waals surface area contributed by atoms with E-state index in [2.05, 4.69) is 26.0 Å². The van der Waals surface area contributed by atoms with Crippen molar-refractivity contribution in [1.29, 1.82) is 0 Å². The number of aliphatic imine (C=N–C) groups is 1. The maximum Gasteiger partial charge on any atom is 0.246 e. The second-order valence-electron chi connectivity index (χ2n) is 8.02. The van der Waals surface area contributed by atoms with Gasteiger partial charge in [-0.1, -0.05) is 24.3 Å². The summed E-state index contributed by atoms with van der Waals surface area (Å²) in [5.41, 5.74) is 2.74. The molecule has 1 aliphatic rings. The molecule has 32 heavy (non-hydrogen) atoms. The lowest BCUT2D eigenvalue weighted by Gasteiger charge is -2.19. The molecule has 7 nitrogen and oxygen atoms in total. The SMILES string of the molecule is CN=C(NCc1cccc(NC(=O)Cn2cccn2)c1)NCC1(c2cccc(F)c2)CC1. The second-order valence-corrected chi connectivity index (χ2v) is 8.02. The third-order valence-corrected chi connectivity index (χ3v) is 5.64. The molecule has 0 atom stereocenters. The number of nitrogens with zero attached hydrogens (tertiary/aromatic N) is 3. The van der Waals surface area contributed by atoms with Crippen LogP contribution in [0.3, 0.4) is 0 Å². The molecule has 1 fully saturated rings. The third kappa shape index (κ3) is 5.51. The van der Waals surface area contributed by atoms with Crippen molar-refractivity contribution in [1.82, 2.24) is 20.4 Å². The fraction of sp³-hybridized carbons (Fsp3) is 0.292. The van der Waals surface area contributed by atoms with Crippen LogP contribution >= 0.6 is 0 Å². The number of amides is 1. The van der Waals surface area contributed by atoms with Crippen LogP contribution < -0.4 is 16.0 Å². The van der Waals surface area contributed by atoms with E-state index >= 15 is 0 Å². The zero-order valence-corrected chi connectivity index (χ0v) is 18.0. The topological polar surface area (TPSA) is 83.3 Å². The molecule has 0 aliphatic heterocycles. The van der Waals surface area contributed by atoms with Gasteiger partial charge in [-0.05, 0) is 54.3 Å². The predicted octanol–water partition coefficient (Wildman–Crippen LogP) is 3.06. The first-order valence-corrected chi connectivity index (χ1v) is 10.6. The zero-order valence-electron chi connectivity index (χ0n) is 18.0. The van der Waals surface area contributed by atoms with Gasteiger partial charge in [-0.2, -0.15) is 5.10 Å². The number of nitrogens with one attached hydrogen (secondary N) is 3. The molecule has 0 radical (unpaired) electrons. The standard InChI is InChI=1S/C24H27FN6O/c1-26-23(28-17-24(9-10-24)19-6-3-7-20(25)14-19)27-15-18-5-2-8-21(13-18)30-22(32)16-31-12-4-11-29-31/h2-8,11-14H,9-10,15-17H2,1H3,(H,30,32)(H2,26,27,28). The molecule has 0 unspecified atom stereocenters. The minimum Gasteiger partial charge on any atom is -0.356 e. The summed E-state index contributed by atoms with van der Waals surface area (Å²) in [6.45, 7) is 1.41. The molecule has 0 bridgehead atoms. The average Bonchev–Trinajstić information content (AvgIpc) is 3.41. The van der Waals surface area contributed by atoms with E-state index in [1.54, 1.807) is 42.3 Å². The van der Waals surface area contributed by atoms with Crippen molar-refractivity contribution in [3.63, 3.8) is 0 Å². The highest BCUT2D eigenvalue weighted by atomic mass is 19.1. The van der Waals surface area contributed by atoms with Crippen molar-refractivity contribution >= 4 is 17.6 Å². The van der Waals surface area contributed by atoms with Crippen molar-refractivity contribution in [3.05, 3.63) is 83.9 Å². The Labute approximate surface area is 186 Å². The van der Waals surface area contributed by atoms with E-state index in [-0.39, 0.29) is 23.7 Å². The van der Waals surface area contributed by atoms with Gasteiger partial charge in [-0.15, -0.1) is 0 Å². The number of rotatable bonds is 8. The molecule has 1 aliphatic carbocycles. The molecule has 1 amide bonds. The Morgan fingerprint density at radius 2 is 2.00 bits per heavy atom. The maximum atomic E-state index is 13.6. The summed E-state index contributed by atoms with van der Waals surface area (Å²) >= 11 is 0. The summed E-state index contributed by atoms with van der Waals surface area (Å²) in [5, 5.41) is 13.6. The van der Waals surface area contributed by atoms with Crippen LogP contribution in [0, 0.1) is 5.82 Å². The number of benzene rings is 2. The van der Waals surface area contributed by atoms with Crippen LogP contribution in [-0.2, 0) is 23.3 Å². The van der Waals surface area contributed by atoms with Gasteiger partial charge in [0.15, 0.2) is 5.96 Å². The van der Waals surface area contributed by atoms with E-state index in [1.165, 1.54) is 6.07 Å². The molecule has 1 heterocycles. The Morgan fingerprint density at radius 1 is 1.16 bits per heavy atom. The monoisotopic (exact) mass is 434 g/mol. The first-order chi connectivity index (χ1) is 15.6. The number of guanidine groups is 1. The summed E-state index contributed by atoms with van der Waals surface area (Å²) in [5.74, 6) is 0.344. The van der Waals surface area contributed by atoms with Gasteiger partial charge in [-0.25, -0.2) is 4.39 Å². The van der Waals surface area contributed by atoms with E-state index < -0.39 is 0 Å². The highest BCUT2D eigenvalue weighted by Crippen LogP contribution is 2.47. The lowest BCUT2D eigenvalue weighted by molar-refractivity contribution is -0.116. The van der Waals surface area contributed by atoms with Gasteiger partial charge < -0.3 is 16.0 Å². The van der Waals surface area contributed by atoms with Crippen LogP contribution in [0.25, 0.3) is 0 Å². The molecule has 4 rings (SSSR count). The molecule has 8 heteroatoms. The lowest BCUT2D eigenvalue weighted by atomic mass is 9.96. The zero-order chi connectivity index (χ0) is 22.4. The highest BCUT2D eigenvalue weighted by Gasteiger charge is 2.44. The van der Waals surface area contributed by atoms with Gasteiger partial charge in [0.05, 0.1) is 0 Å². The summed E-state index contributed by atoms with van der Waals surface area (Å²) in [4.78, 5) is 16.5. The minimum absolute atomic E-state index is 0.0293. The van der Waals surface area contributed by atoms with Gasteiger partial charge >= 0.3 is 0 Å². The fourth-order valence-electron chi connectivity index (χ4n) is 3.70. The number of anilines is 1. The number of halogens is 1. The summed E-state index contributed by atoms with van der Waals surface area (Å²) in [7, 11) is 1.73. The Morgan fingerprint density at radius 3 is 2.72 bits per heavy atom. The van der Waals surface area contributed by atoms with E-state index in [0.29, 0.717) is 19.0 Å². The number of hydrogen-bond donors (Lipinski definition) is 3. The van der Waals surface area contributed by atoms with Crippen LogP contribution in [-0.4, -0.2) is 35.2 Å². The van der Waals surface area contributed by atoms with Gasteiger partial charge in [0, 0.05) is 43.6 Å². The second kappa shape index (κ2) is 9.64. The Hall–Kier alpha value is -3.68. The number of hydrogen-bond acceptors (Lipinski definition) is 3. The van der Waals surface area contributed by atoms with Crippen LogP contribution in [0.2, 0.25) is 0 Å². The highest BCUT2D eigenvalue weighted by molar-refractivity contribution is 5.90. The first-order valence-electron chi connectivity index (χ1n) is 10.6. The van der Waals surface area contributed by atoms with Crippen molar-refractivity contribution in [3.8, 4) is 0 Å². The Bertz CT molecular complexity index is 1090. The summed E-state index contributed by atoms with van der Waals surface area (Å²) in [6.07, 6.45) is 5.45. The molecule has 1 saturated carbocycles. The van der Waals surface area contributed by atoms with Crippen molar-refractivity contribution in [2.75, 3.05) is 18.9 Å². The molecular weight excluding hydrogens is 407 g/mol. The number of aromatic nitrogens is 2. The largest absolute Gasteiger partial charge is 0.356 e. The molecule has 3 aromatic rings. The fourth-order valence-corrected chi connectivity index (χ4v) is 3.70. The molecule has 166 valence electrons. The third-order valence-electron chi connectivity index (χ3n) is 5.64. The van der Waals surface area contributed by atoms with E-state index in [4.69, 9.17) is 0 Å². The molecule has 2 aromatic carbocycles.